The Morgan fingerprint density at radius 1 is 0.939 bits per heavy atom. The molecule has 0 saturated heterocycles. The average Bonchev–Trinajstić information content (AvgIpc) is 2.83. The summed E-state index contributed by atoms with van der Waals surface area (Å²) in [6.07, 6.45) is 1.62. The third kappa shape index (κ3) is 5.70. The Morgan fingerprint density at radius 3 is 2.18 bits per heavy atom. The molecule has 1 amide bonds. The summed E-state index contributed by atoms with van der Waals surface area (Å²) in [6, 6.07) is 25.9. The molecular weight excluding hydrogens is 432 g/mol. The highest BCUT2D eigenvalue weighted by Gasteiger charge is 2.26. The molecule has 0 atom stereocenters. The summed E-state index contributed by atoms with van der Waals surface area (Å²) in [5.74, 6) is 0.0534. The second-order valence-electron chi connectivity index (χ2n) is 8.51. The number of carbonyl (C=O) groups is 1. The van der Waals surface area contributed by atoms with Crippen LogP contribution in [0.15, 0.2) is 78.9 Å². The zero-order valence-electron chi connectivity index (χ0n) is 18.9. The Kier molecular flexibility index (Phi) is 7.26. The zero-order valence-corrected chi connectivity index (χ0v) is 19.7. The van der Waals surface area contributed by atoms with Gasteiger partial charge in [0.2, 0.25) is 15.9 Å². The van der Waals surface area contributed by atoms with E-state index in [2.05, 4.69) is 29.6 Å². The van der Waals surface area contributed by atoms with E-state index in [1.807, 2.05) is 61.5 Å². The molecule has 0 radical (unpaired) electrons. The summed E-state index contributed by atoms with van der Waals surface area (Å²) in [7, 11) is -3.24. The van der Waals surface area contributed by atoms with Gasteiger partial charge in [-0.2, -0.15) is 4.31 Å². The van der Waals surface area contributed by atoms with Gasteiger partial charge in [-0.1, -0.05) is 73.7 Å². The summed E-state index contributed by atoms with van der Waals surface area (Å²) < 4.78 is 26.6. The SMILES string of the molecule is CCCS(=O)(=O)N1CCc2ccc(NC(=O)CC(c3ccccc3)c3ccccc3)cc2C1. The number of anilines is 1. The number of hydrogen-bond donors (Lipinski definition) is 1. The van der Waals surface area contributed by atoms with Crippen molar-refractivity contribution >= 4 is 21.6 Å². The summed E-state index contributed by atoms with van der Waals surface area (Å²) in [6.45, 7) is 2.75. The molecule has 1 heterocycles. The molecule has 0 spiro atoms. The van der Waals surface area contributed by atoms with E-state index in [4.69, 9.17) is 0 Å². The fourth-order valence-corrected chi connectivity index (χ4v) is 5.91. The minimum absolute atomic E-state index is 0.0419. The second-order valence-corrected chi connectivity index (χ2v) is 10.6. The van der Waals surface area contributed by atoms with E-state index < -0.39 is 10.0 Å². The van der Waals surface area contributed by atoms with Crippen LogP contribution < -0.4 is 5.32 Å². The molecule has 0 aromatic heterocycles. The normalized spacial score (nSPS) is 14.1. The third-order valence-corrected chi connectivity index (χ3v) is 8.14. The molecule has 1 aliphatic heterocycles. The molecule has 0 unspecified atom stereocenters. The molecule has 172 valence electrons. The molecule has 0 aliphatic carbocycles. The first-order valence-electron chi connectivity index (χ1n) is 11.5. The van der Waals surface area contributed by atoms with Crippen LogP contribution in [0.1, 0.15) is 47.9 Å². The van der Waals surface area contributed by atoms with Crippen LogP contribution in [-0.4, -0.2) is 30.9 Å². The van der Waals surface area contributed by atoms with Crippen LogP contribution in [0.25, 0.3) is 0 Å². The van der Waals surface area contributed by atoms with Crippen LogP contribution >= 0.6 is 0 Å². The summed E-state index contributed by atoms with van der Waals surface area (Å²) in [5, 5.41) is 3.03. The van der Waals surface area contributed by atoms with Crippen molar-refractivity contribution in [2.75, 3.05) is 17.6 Å². The fraction of sp³-hybridized carbons (Fsp3) is 0.296. The molecule has 6 heteroatoms. The molecule has 1 aliphatic rings. The largest absolute Gasteiger partial charge is 0.326 e. The maximum absolute atomic E-state index is 13.0. The van der Waals surface area contributed by atoms with E-state index in [-0.39, 0.29) is 17.6 Å². The van der Waals surface area contributed by atoms with Crippen LogP contribution in [-0.2, 0) is 27.8 Å². The van der Waals surface area contributed by atoms with Crippen molar-refractivity contribution in [3.63, 3.8) is 0 Å². The van der Waals surface area contributed by atoms with E-state index in [1.54, 1.807) is 4.31 Å². The maximum atomic E-state index is 13.0. The molecule has 1 N–H and O–H groups in total. The molecule has 0 fully saturated rings. The van der Waals surface area contributed by atoms with Crippen molar-refractivity contribution in [2.45, 2.75) is 38.6 Å². The van der Waals surface area contributed by atoms with Crippen LogP contribution in [0.5, 0.6) is 0 Å². The number of hydrogen-bond acceptors (Lipinski definition) is 3. The Balaban J connectivity index is 1.49. The lowest BCUT2D eigenvalue weighted by Gasteiger charge is -2.28. The topological polar surface area (TPSA) is 66.5 Å². The van der Waals surface area contributed by atoms with Gasteiger partial charge in [0, 0.05) is 31.1 Å². The monoisotopic (exact) mass is 462 g/mol. The van der Waals surface area contributed by atoms with E-state index in [9.17, 15) is 13.2 Å². The van der Waals surface area contributed by atoms with Gasteiger partial charge < -0.3 is 5.32 Å². The molecule has 3 aromatic carbocycles. The van der Waals surface area contributed by atoms with Gasteiger partial charge in [-0.3, -0.25) is 4.79 Å². The maximum Gasteiger partial charge on any atom is 0.225 e. The van der Waals surface area contributed by atoms with E-state index in [0.29, 0.717) is 38.0 Å². The first kappa shape index (κ1) is 23.2. The Labute approximate surface area is 196 Å². The zero-order chi connectivity index (χ0) is 23.3. The van der Waals surface area contributed by atoms with Gasteiger partial charge in [0.15, 0.2) is 0 Å². The summed E-state index contributed by atoms with van der Waals surface area (Å²) >= 11 is 0. The van der Waals surface area contributed by atoms with Crippen LogP contribution in [0, 0.1) is 0 Å². The van der Waals surface area contributed by atoms with Crippen LogP contribution in [0.3, 0.4) is 0 Å². The fourth-order valence-electron chi connectivity index (χ4n) is 4.43. The molecule has 33 heavy (non-hydrogen) atoms. The quantitative estimate of drug-likeness (QED) is 0.515. The Hall–Kier alpha value is -2.96. The standard InChI is InChI=1S/C27H30N2O3S/c1-2-17-33(31,32)29-16-15-21-13-14-25(18-24(21)20-29)28-27(30)19-26(22-9-5-3-6-10-22)23-11-7-4-8-12-23/h3-14,18,26H,2,15-17,19-20H2,1H3,(H,28,30). The number of carbonyl (C=O) groups excluding carboxylic acids is 1. The van der Waals surface area contributed by atoms with Crippen molar-refractivity contribution < 1.29 is 13.2 Å². The molecular formula is C27H30N2O3S. The first-order valence-corrected chi connectivity index (χ1v) is 13.1. The molecule has 3 aromatic rings. The van der Waals surface area contributed by atoms with Gasteiger partial charge in [-0.25, -0.2) is 8.42 Å². The van der Waals surface area contributed by atoms with Gasteiger partial charge >= 0.3 is 0 Å². The predicted octanol–water partition coefficient (Wildman–Crippen LogP) is 4.95. The highest BCUT2D eigenvalue weighted by molar-refractivity contribution is 7.89. The third-order valence-electron chi connectivity index (χ3n) is 6.12. The molecule has 0 saturated carbocycles. The number of sulfonamides is 1. The Bertz CT molecular complexity index is 1160. The van der Waals surface area contributed by atoms with Crippen LogP contribution in [0.4, 0.5) is 5.69 Å². The number of nitrogens with zero attached hydrogens (tertiary/aromatic N) is 1. The van der Waals surface area contributed by atoms with E-state index in [0.717, 1.165) is 22.3 Å². The van der Waals surface area contributed by atoms with Crippen molar-refractivity contribution in [3.8, 4) is 0 Å². The molecule has 5 nitrogen and oxygen atoms in total. The van der Waals surface area contributed by atoms with Gasteiger partial charge in [0.05, 0.1) is 5.75 Å². The van der Waals surface area contributed by atoms with E-state index >= 15 is 0 Å². The minimum Gasteiger partial charge on any atom is -0.326 e. The van der Waals surface area contributed by atoms with Crippen LogP contribution in [0.2, 0.25) is 0 Å². The van der Waals surface area contributed by atoms with Crippen molar-refractivity contribution in [3.05, 3.63) is 101 Å². The Morgan fingerprint density at radius 2 is 1.58 bits per heavy atom. The number of benzene rings is 3. The highest BCUT2D eigenvalue weighted by atomic mass is 32.2. The minimum atomic E-state index is -3.24. The highest BCUT2D eigenvalue weighted by Crippen LogP contribution is 2.29. The molecule has 4 rings (SSSR count). The van der Waals surface area contributed by atoms with E-state index in [1.165, 1.54) is 0 Å². The smallest absolute Gasteiger partial charge is 0.225 e. The number of fused-ring (bicyclic) bond motifs is 1. The van der Waals surface area contributed by atoms with Crippen molar-refractivity contribution in [2.24, 2.45) is 0 Å². The first-order chi connectivity index (χ1) is 16.0. The van der Waals surface area contributed by atoms with Gasteiger partial charge in [0.25, 0.3) is 0 Å². The van der Waals surface area contributed by atoms with Gasteiger partial charge in [0.1, 0.15) is 0 Å². The van der Waals surface area contributed by atoms with Gasteiger partial charge in [-0.05, 0) is 47.2 Å². The lowest BCUT2D eigenvalue weighted by Crippen LogP contribution is -2.37. The lowest BCUT2D eigenvalue weighted by atomic mass is 9.88. The van der Waals surface area contributed by atoms with Crippen molar-refractivity contribution in [1.82, 2.24) is 4.31 Å². The number of rotatable bonds is 8. The summed E-state index contributed by atoms with van der Waals surface area (Å²) in [4.78, 5) is 13.0. The predicted molar refractivity (Wildman–Crippen MR) is 133 cm³/mol. The second kappa shape index (κ2) is 10.3. The number of nitrogens with one attached hydrogen (secondary N) is 1. The van der Waals surface area contributed by atoms with Gasteiger partial charge in [-0.15, -0.1) is 0 Å². The molecule has 0 bridgehead atoms. The lowest BCUT2D eigenvalue weighted by molar-refractivity contribution is -0.116. The summed E-state index contributed by atoms with van der Waals surface area (Å²) in [5.41, 5.74) is 5.00. The number of amides is 1. The van der Waals surface area contributed by atoms with Crippen molar-refractivity contribution in [1.29, 1.82) is 0 Å². The average molecular weight is 463 g/mol.